The fourth-order valence-electron chi connectivity index (χ4n) is 7.66. The van der Waals surface area contributed by atoms with Crippen molar-refractivity contribution in [1.29, 1.82) is 5.26 Å². The molecule has 1 nitrogen and oxygen atoms in total. The summed E-state index contributed by atoms with van der Waals surface area (Å²) in [4.78, 5) is 0. The van der Waals surface area contributed by atoms with Gasteiger partial charge in [0.25, 0.3) is 0 Å². The highest BCUT2D eigenvalue weighted by molar-refractivity contribution is 6.25. The van der Waals surface area contributed by atoms with E-state index in [0.717, 1.165) is 12.0 Å². The van der Waals surface area contributed by atoms with E-state index >= 15 is 0 Å². The number of hydrogen-bond acceptors (Lipinski definition) is 1. The topological polar surface area (TPSA) is 23.8 Å². The van der Waals surface area contributed by atoms with Gasteiger partial charge in [-0.3, -0.25) is 0 Å². The number of nitriles is 1. The molecule has 8 aromatic rings. The van der Waals surface area contributed by atoms with Gasteiger partial charge in [-0.25, -0.2) is 0 Å². The van der Waals surface area contributed by atoms with E-state index in [1.54, 1.807) is 0 Å². The van der Waals surface area contributed by atoms with Crippen LogP contribution in [-0.4, -0.2) is 0 Å². The van der Waals surface area contributed by atoms with Crippen molar-refractivity contribution in [2.45, 2.75) is 39.0 Å². The lowest BCUT2D eigenvalue weighted by Crippen LogP contribution is -1.94. The van der Waals surface area contributed by atoms with Crippen molar-refractivity contribution in [2.24, 2.45) is 0 Å². The second kappa shape index (κ2) is 11.8. The number of nitrogens with zero attached hydrogens (tertiary/aromatic N) is 1. The van der Waals surface area contributed by atoms with Crippen molar-refractivity contribution in [2.75, 3.05) is 0 Å². The average Bonchev–Trinajstić information content (AvgIpc) is 3.11. The summed E-state index contributed by atoms with van der Waals surface area (Å²) in [6.45, 7) is 2.28. The minimum Gasteiger partial charge on any atom is -0.192 e. The van der Waals surface area contributed by atoms with Crippen LogP contribution >= 0.6 is 0 Å². The lowest BCUT2D eigenvalue weighted by molar-refractivity contribution is 0.669. The Bertz CT molecular complexity index is 2400. The van der Waals surface area contributed by atoms with Crippen molar-refractivity contribution in [3.05, 3.63) is 145 Å². The summed E-state index contributed by atoms with van der Waals surface area (Å²) < 4.78 is 0. The molecule has 0 heterocycles. The van der Waals surface area contributed by atoms with Crippen LogP contribution in [0.5, 0.6) is 0 Å². The average molecular weight is 590 g/mol. The molecule has 0 amide bonds. The highest BCUT2D eigenvalue weighted by Gasteiger charge is 2.19. The van der Waals surface area contributed by atoms with E-state index in [1.807, 2.05) is 12.1 Å². The molecule has 0 radical (unpaired) electrons. The Labute approximate surface area is 270 Å². The third kappa shape index (κ3) is 4.61. The van der Waals surface area contributed by atoms with Crippen molar-refractivity contribution in [1.82, 2.24) is 0 Å². The molecule has 0 aliphatic carbocycles. The van der Waals surface area contributed by atoms with Gasteiger partial charge in [-0.2, -0.15) is 5.26 Å². The van der Waals surface area contributed by atoms with Gasteiger partial charge >= 0.3 is 0 Å². The van der Waals surface area contributed by atoms with Crippen molar-refractivity contribution in [3.63, 3.8) is 0 Å². The fraction of sp³-hybridized carbons (Fsp3) is 0.133. The lowest BCUT2D eigenvalue weighted by atomic mass is 9.83. The Morgan fingerprint density at radius 1 is 0.478 bits per heavy atom. The first kappa shape index (κ1) is 28.1. The van der Waals surface area contributed by atoms with Crippen LogP contribution in [0, 0.1) is 11.3 Å². The van der Waals surface area contributed by atoms with E-state index in [1.165, 1.54) is 102 Å². The molecule has 0 spiro atoms. The Balaban J connectivity index is 1.42. The van der Waals surface area contributed by atoms with Gasteiger partial charge in [-0.1, -0.05) is 141 Å². The van der Waals surface area contributed by atoms with Crippen LogP contribution in [-0.2, 0) is 6.42 Å². The summed E-state index contributed by atoms with van der Waals surface area (Å²) in [5, 5.41) is 22.4. The van der Waals surface area contributed by atoms with E-state index < -0.39 is 0 Å². The molecule has 0 N–H and O–H groups in total. The molecule has 220 valence electrons. The zero-order valence-corrected chi connectivity index (χ0v) is 26.2. The largest absolute Gasteiger partial charge is 0.192 e. The quantitative estimate of drug-likeness (QED) is 0.103. The highest BCUT2D eigenvalue weighted by Crippen LogP contribution is 2.46. The second-order valence-corrected chi connectivity index (χ2v) is 12.5. The Morgan fingerprint density at radius 3 is 1.76 bits per heavy atom. The summed E-state index contributed by atoms with van der Waals surface area (Å²) in [5.41, 5.74) is 7.03. The van der Waals surface area contributed by atoms with Crippen LogP contribution in [0.15, 0.2) is 133 Å². The normalized spacial score (nSPS) is 11.6. The van der Waals surface area contributed by atoms with Crippen LogP contribution in [0.3, 0.4) is 0 Å². The first-order chi connectivity index (χ1) is 22.8. The summed E-state index contributed by atoms with van der Waals surface area (Å²) >= 11 is 0. The molecule has 0 aliphatic heterocycles. The van der Waals surface area contributed by atoms with Crippen LogP contribution in [0.25, 0.3) is 76.1 Å². The number of hydrogen-bond donors (Lipinski definition) is 0. The van der Waals surface area contributed by atoms with E-state index in [9.17, 15) is 5.26 Å². The summed E-state index contributed by atoms with van der Waals surface area (Å²) in [5.74, 6) is 0. The van der Waals surface area contributed by atoms with Crippen LogP contribution < -0.4 is 0 Å². The van der Waals surface area contributed by atoms with Crippen LogP contribution in [0.1, 0.15) is 43.7 Å². The smallest absolute Gasteiger partial charge is 0.0991 e. The Kier molecular flexibility index (Phi) is 7.20. The fourth-order valence-corrected chi connectivity index (χ4v) is 7.66. The molecular formula is C45H35N. The highest BCUT2D eigenvalue weighted by atomic mass is 14.2. The monoisotopic (exact) mass is 589 g/mol. The van der Waals surface area contributed by atoms with Crippen LogP contribution in [0.2, 0.25) is 0 Å². The van der Waals surface area contributed by atoms with Gasteiger partial charge in [0.1, 0.15) is 0 Å². The molecule has 0 atom stereocenters. The molecule has 1 heteroatoms. The van der Waals surface area contributed by atoms with E-state index in [4.69, 9.17) is 0 Å². The number of unbranched alkanes of at least 4 members (excludes halogenated alkanes) is 3. The molecule has 8 rings (SSSR count). The van der Waals surface area contributed by atoms with Gasteiger partial charge in [-0.15, -0.1) is 0 Å². The molecule has 0 fully saturated rings. The zero-order chi connectivity index (χ0) is 31.0. The van der Waals surface area contributed by atoms with E-state index in [-0.39, 0.29) is 0 Å². The summed E-state index contributed by atoms with van der Waals surface area (Å²) in [6.07, 6.45) is 6.15. The molecule has 0 bridgehead atoms. The second-order valence-electron chi connectivity index (χ2n) is 12.5. The number of aryl methyl sites for hydroxylation is 1. The summed E-state index contributed by atoms with van der Waals surface area (Å²) in [6, 6.07) is 50.8. The SMILES string of the molecule is CCCCCCc1c2ccccc2cc2c1ccc1c(-c3c4ccccc4c(-c4ccc(C#N)cc4)c4ccccc34)cccc12. The van der Waals surface area contributed by atoms with Gasteiger partial charge < -0.3 is 0 Å². The number of fused-ring (bicyclic) bond motifs is 6. The van der Waals surface area contributed by atoms with Gasteiger partial charge in [-0.05, 0) is 113 Å². The van der Waals surface area contributed by atoms with Gasteiger partial charge in [0, 0.05) is 0 Å². The van der Waals surface area contributed by atoms with Crippen LogP contribution in [0.4, 0.5) is 0 Å². The van der Waals surface area contributed by atoms with Gasteiger partial charge in [0.15, 0.2) is 0 Å². The predicted octanol–water partition coefficient (Wildman–Crippen LogP) is 12.8. The maximum atomic E-state index is 9.43. The molecule has 0 aromatic heterocycles. The molecule has 8 aromatic carbocycles. The molecular weight excluding hydrogens is 555 g/mol. The minimum atomic E-state index is 0.675. The maximum absolute atomic E-state index is 9.43. The standard InChI is InChI=1S/C45H35N/c1-2-3-4-5-15-34-33-14-7-6-13-32(33)28-43-35-20-12-21-38(36(35)26-27-37(34)43)45-41-18-10-8-16-39(41)44(40-17-9-11-19-42(40)45)31-24-22-30(29-46)23-25-31/h6-14,16-28H,2-5,15H2,1H3. The molecule has 46 heavy (non-hydrogen) atoms. The Hall–Kier alpha value is -5.45. The Morgan fingerprint density at radius 2 is 1.09 bits per heavy atom. The van der Waals surface area contributed by atoms with Crippen molar-refractivity contribution >= 4 is 53.9 Å². The third-order valence-electron chi connectivity index (χ3n) is 9.80. The lowest BCUT2D eigenvalue weighted by Gasteiger charge is -2.19. The van der Waals surface area contributed by atoms with Crippen molar-refractivity contribution in [3.8, 4) is 28.3 Å². The number of rotatable bonds is 7. The van der Waals surface area contributed by atoms with Gasteiger partial charge in [0.2, 0.25) is 0 Å². The number of benzene rings is 8. The third-order valence-corrected chi connectivity index (χ3v) is 9.80. The molecule has 0 saturated heterocycles. The minimum absolute atomic E-state index is 0.675. The predicted molar refractivity (Wildman–Crippen MR) is 197 cm³/mol. The molecule has 0 unspecified atom stereocenters. The summed E-state index contributed by atoms with van der Waals surface area (Å²) in [7, 11) is 0. The zero-order valence-electron chi connectivity index (χ0n) is 26.2. The van der Waals surface area contributed by atoms with Crippen molar-refractivity contribution < 1.29 is 0 Å². The van der Waals surface area contributed by atoms with E-state index in [2.05, 4.69) is 134 Å². The maximum Gasteiger partial charge on any atom is 0.0991 e. The first-order valence-electron chi connectivity index (χ1n) is 16.6. The van der Waals surface area contributed by atoms with E-state index in [0.29, 0.717) is 5.56 Å². The first-order valence-corrected chi connectivity index (χ1v) is 16.6. The molecule has 0 saturated carbocycles. The van der Waals surface area contributed by atoms with Gasteiger partial charge in [0.05, 0.1) is 11.6 Å². The molecule has 0 aliphatic rings.